The maximum absolute atomic E-state index is 12.2. The zero-order valence-electron chi connectivity index (χ0n) is 15.0. The number of nitrogens with zero attached hydrogens (tertiary/aromatic N) is 1. The molecule has 0 N–H and O–H groups in total. The van der Waals surface area contributed by atoms with Gasteiger partial charge in [-0.05, 0) is 31.4 Å². The molecule has 2 aromatic rings. The predicted molar refractivity (Wildman–Crippen MR) is 98.6 cm³/mol. The van der Waals surface area contributed by atoms with Crippen LogP contribution in [0.1, 0.15) is 68.4 Å². The summed E-state index contributed by atoms with van der Waals surface area (Å²) in [5, 5.41) is 0. The number of hydrogen-bond acceptors (Lipinski definition) is 2. The maximum atomic E-state index is 12.2. The molecule has 0 amide bonds. The number of esters is 1. The van der Waals surface area contributed by atoms with Gasteiger partial charge >= 0.3 is 5.97 Å². The second-order valence-corrected chi connectivity index (χ2v) is 6.28. The molecule has 3 heteroatoms. The van der Waals surface area contributed by atoms with Gasteiger partial charge in [0.25, 0.3) is 0 Å². The first-order valence-electron chi connectivity index (χ1n) is 9.20. The lowest BCUT2D eigenvalue weighted by Crippen LogP contribution is -2.07. The van der Waals surface area contributed by atoms with E-state index in [2.05, 4.69) is 18.4 Å². The number of carbonyl (C=O) groups is 1. The van der Waals surface area contributed by atoms with Crippen LogP contribution in [0, 0.1) is 0 Å². The van der Waals surface area contributed by atoms with Crippen molar-refractivity contribution in [3.05, 3.63) is 53.9 Å². The third-order valence-corrected chi connectivity index (χ3v) is 4.22. The Balaban J connectivity index is 2.05. The number of unbranched alkanes of at least 4 members (excludes halogenated alkanes) is 4. The Morgan fingerprint density at radius 2 is 1.71 bits per heavy atom. The van der Waals surface area contributed by atoms with Crippen molar-refractivity contribution in [2.75, 3.05) is 0 Å². The standard InChI is InChI=1S/C21H29NO2/c1-3-5-8-14-19-16-20(17-22(19)15-11-6-4-2)24-21(23)18-12-9-7-10-13-18/h7,9-10,12-13,16-17H,3-6,8,11,14-15H2,1-2H3. The average Bonchev–Trinajstić information content (AvgIpc) is 2.98. The molecule has 0 unspecified atom stereocenters. The van der Waals surface area contributed by atoms with E-state index in [-0.39, 0.29) is 5.97 Å². The van der Waals surface area contributed by atoms with E-state index in [9.17, 15) is 4.79 Å². The lowest BCUT2D eigenvalue weighted by atomic mass is 10.1. The van der Waals surface area contributed by atoms with Crippen LogP contribution in [0.25, 0.3) is 0 Å². The Bertz CT molecular complexity index is 589. The van der Waals surface area contributed by atoms with Crippen molar-refractivity contribution in [1.29, 1.82) is 0 Å². The summed E-state index contributed by atoms with van der Waals surface area (Å²) in [5.74, 6) is 0.369. The SMILES string of the molecule is CCCCCc1cc(OC(=O)c2ccccc2)cn1CCCCC. The molecule has 0 aliphatic carbocycles. The first-order valence-corrected chi connectivity index (χ1v) is 9.20. The van der Waals surface area contributed by atoms with E-state index in [0.29, 0.717) is 11.3 Å². The van der Waals surface area contributed by atoms with E-state index in [0.717, 1.165) is 19.4 Å². The van der Waals surface area contributed by atoms with Crippen LogP contribution < -0.4 is 4.74 Å². The van der Waals surface area contributed by atoms with Crippen LogP contribution in [-0.4, -0.2) is 10.5 Å². The van der Waals surface area contributed by atoms with Crippen molar-refractivity contribution < 1.29 is 9.53 Å². The van der Waals surface area contributed by atoms with Crippen molar-refractivity contribution in [1.82, 2.24) is 4.57 Å². The average molecular weight is 327 g/mol. The molecule has 0 aliphatic heterocycles. The van der Waals surface area contributed by atoms with Crippen LogP contribution in [0.3, 0.4) is 0 Å². The highest BCUT2D eigenvalue weighted by atomic mass is 16.5. The van der Waals surface area contributed by atoms with E-state index in [1.54, 1.807) is 12.1 Å². The van der Waals surface area contributed by atoms with Gasteiger partial charge in [-0.2, -0.15) is 0 Å². The molecule has 0 bridgehead atoms. The largest absolute Gasteiger partial charge is 0.421 e. The fraction of sp³-hybridized carbons (Fsp3) is 0.476. The van der Waals surface area contributed by atoms with Gasteiger partial charge in [0.15, 0.2) is 0 Å². The minimum Gasteiger partial charge on any atom is -0.421 e. The molecule has 24 heavy (non-hydrogen) atoms. The van der Waals surface area contributed by atoms with Crippen molar-refractivity contribution >= 4 is 5.97 Å². The van der Waals surface area contributed by atoms with Crippen LogP contribution in [0.15, 0.2) is 42.6 Å². The molecular formula is C21H29NO2. The molecule has 0 saturated carbocycles. The monoisotopic (exact) mass is 327 g/mol. The second kappa shape index (κ2) is 9.96. The van der Waals surface area contributed by atoms with Gasteiger partial charge in [0.2, 0.25) is 0 Å². The van der Waals surface area contributed by atoms with Crippen molar-refractivity contribution in [3.8, 4) is 5.75 Å². The molecule has 0 aliphatic rings. The van der Waals surface area contributed by atoms with Gasteiger partial charge < -0.3 is 9.30 Å². The Kier molecular flexibility index (Phi) is 7.60. The molecule has 1 aromatic carbocycles. The highest BCUT2D eigenvalue weighted by Crippen LogP contribution is 2.21. The summed E-state index contributed by atoms with van der Waals surface area (Å²) in [4.78, 5) is 12.2. The molecule has 0 spiro atoms. The van der Waals surface area contributed by atoms with E-state index >= 15 is 0 Å². The minimum atomic E-state index is -0.290. The van der Waals surface area contributed by atoms with Gasteiger partial charge in [-0.15, -0.1) is 0 Å². The number of rotatable bonds is 10. The Hall–Kier alpha value is -2.03. The number of aryl methyl sites for hydroxylation is 2. The highest BCUT2D eigenvalue weighted by Gasteiger charge is 2.12. The van der Waals surface area contributed by atoms with Crippen LogP contribution in [0.2, 0.25) is 0 Å². The summed E-state index contributed by atoms with van der Waals surface area (Å²) in [5.41, 5.74) is 1.86. The van der Waals surface area contributed by atoms with E-state index in [1.807, 2.05) is 30.5 Å². The zero-order valence-corrected chi connectivity index (χ0v) is 15.0. The summed E-state index contributed by atoms with van der Waals surface area (Å²) < 4.78 is 7.84. The van der Waals surface area contributed by atoms with Crippen molar-refractivity contribution in [2.45, 2.75) is 65.3 Å². The summed E-state index contributed by atoms with van der Waals surface area (Å²) in [6, 6.07) is 11.2. The van der Waals surface area contributed by atoms with Gasteiger partial charge in [0.1, 0.15) is 5.75 Å². The Morgan fingerprint density at radius 3 is 2.42 bits per heavy atom. The van der Waals surface area contributed by atoms with Gasteiger partial charge in [0.05, 0.1) is 5.56 Å². The molecule has 0 atom stereocenters. The molecule has 0 saturated heterocycles. The molecular weight excluding hydrogens is 298 g/mol. The molecule has 130 valence electrons. The number of carbonyl (C=O) groups excluding carboxylic acids is 1. The first-order chi connectivity index (χ1) is 11.7. The fourth-order valence-corrected chi connectivity index (χ4v) is 2.83. The normalized spacial score (nSPS) is 10.8. The molecule has 0 radical (unpaired) electrons. The van der Waals surface area contributed by atoms with Crippen LogP contribution in [0.4, 0.5) is 0 Å². The molecule has 3 nitrogen and oxygen atoms in total. The Labute approximate surface area is 145 Å². The lowest BCUT2D eigenvalue weighted by Gasteiger charge is -2.08. The van der Waals surface area contributed by atoms with Gasteiger partial charge in [0, 0.05) is 24.5 Å². The lowest BCUT2D eigenvalue weighted by molar-refractivity contribution is 0.0734. The minimum absolute atomic E-state index is 0.290. The number of benzene rings is 1. The van der Waals surface area contributed by atoms with Gasteiger partial charge in [-0.25, -0.2) is 4.79 Å². The summed E-state index contributed by atoms with van der Waals surface area (Å²) in [7, 11) is 0. The first kappa shape index (κ1) is 18.3. The third kappa shape index (κ3) is 5.55. The van der Waals surface area contributed by atoms with E-state index < -0.39 is 0 Å². The highest BCUT2D eigenvalue weighted by molar-refractivity contribution is 5.90. The van der Waals surface area contributed by atoms with E-state index in [1.165, 1.54) is 37.8 Å². The summed E-state index contributed by atoms with van der Waals surface area (Å²) in [6.07, 6.45) is 10.3. The van der Waals surface area contributed by atoms with Crippen LogP contribution in [-0.2, 0) is 13.0 Å². The summed E-state index contributed by atoms with van der Waals surface area (Å²) >= 11 is 0. The second-order valence-electron chi connectivity index (χ2n) is 6.28. The van der Waals surface area contributed by atoms with Gasteiger partial charge in [-0.1, -0.05) is 57.7 Å². The summed E-state index contributed by atoms with van der Waals surface area (Å²) in [6.45, 7) is 5.43. The smallest absolute Gasteiger partial charge is 0.343 e. The van der Waals surface area contributed by atoms with E-state index in [4.69, 9.17) is 4.74 Å². The number of hydrogen-bond donors (Lipinski definition) is 0. The molecule has 0 fully saturated rings. The quantitative estimate of drug-likeness (QED) is 0.418. The van der Waals surface area contributed by atoms with Crippen molar-refractivity contribution in [3.63, 3.8) is 0 Å². The zero-order chi connectivity index (χ0) is 17.2. The maximum Gasteiger partial charge on any atom is 0.343 e. The number of ether oxygens (including phenoxy) is 1. The topological polar surface area (TPSA) is 31.2 Å². The predicted octanol–water partition coefficient (Wildman–Crippen LogP) is 5.63. The van der Waals surface area contributed by atoms with Crippen LogP contribution >= 0.6 is 0 Å². The number of aromatic nitrogens is 1. The molecule has 1 aromatic heterocycles. The fourth-order valence-electron chi connectivity index (χ4n) is 2.83. The van der Waals surface area contributed by atoms with Crippen LogP contribution in [0.5, 0.6) is 5.75 Å². The third-order valence-electron chi connectivity index (χ3n) is 4.22. The molecule has 2 rings (SSSR count). The van der Waals surface area contributed by atoms with Crippen molar-refractivity contribution in [2.24, 2.45) is 0 Å². The Morgan fingerprint density at radius 1 is 1.00 bits per heavy atom. The van der Waals surface area contributed by atoms with Gasteiger partial charge in [-0.3, -0.25) is 0 Å². The molecule has 1 heterocycles.